The highest BCUT2D eigenvalue weighted by molar-refractivity contribution is 6.30. The minimum Gasteiger partial charge on any atom is -0.438 e. The van der Waals surface area contributed by atoms with Crippen LogP contribution in [0.3, 0.4) is 0 Å². The van der Waals surface area contributed by atoms with Crippen LogP contribution in [0.4, 0.5) is 0 Å². The Labute approximate surface area is 158 Å². The van der Waals surface area contributed by atoms with Crippen LogP contribution in [0.5, 0.6) is 0 Å². The summed E-state index contributed by atoms with van der Waals surface area (Å²) < 4.78 is 5.79. The highest BCUT2D eigenvalue weighted by atomic mass is 35.5. The number of hydrogen-bond acceptors (Lipinski definition) is 4. The number of nitrogens with zero attached hydrogens (tertiary/aromatic N) is 1. The molecule has 25 heavy (non-hydrogen) atoms. The van der Waals surface area contributed by atoms with Crippen molar-refractivity contribution in [3.8, 4) is 11.3 Å². The van der Waals surface area contributed by atoms with Crippen molar-refractivity contribution in [3.63, 3.8) is 0 Å². The van der Waals surface area contributed by atoms with Gasteiger partial charge in [0.2, 0.25) is 11.8 Å². The van der Waals surface area contributed by atoms with Crippen LogP contribution >= 0.6 is 24.0 Å². The fraction of sp³-hybridized carbons (Fsp3) is 0.444. The van der Waals surface area contributed by atoms with Crippen LogP contribution in [0, 0.1) is 12.8 Å². The molecule has 7 heteroatoms. The number of carbonyl (C=O) groups excluding carboxylic acids is 1. The molecule has 1 aliphatic carbocycles. The number of nitrogens with two attached hydrogens (primary N) is 1. The fourth-order valence-corrected chi connectivity index (χ4v) is 3.33. The number of aromatic nitrogens is 1. The molecule has 2 aromatic rings. The molecule has 5 nitrogen and oxygen atoms in total. The van der Waals surface area contributed by atoms with Crippen molar-refractivity contribution in [3.05, 3.63) is 40.9 Å². The summed E-state index contributed by atoms with van der Waals surface area (Å²) >= 11 is 5.91. The molecule has 1 amide bonds. The minimum absolute atomic E-state index is 0. The molecule has 2 atom stereocenters. The first-order chi connectivity index (χ1) is 11.5. The molecule has 0 bridgehead atoms. The lowest BCUT2D eigenvalue weighted by Crippen LogP contribution is -2.31. The van der Waals surface area contributed by atoms with Crippen molar-refractivity contribution >= 4 is 29.9 Å². The molecule has 3 N–H and O–H groups in total. The summed E-state index contributed by atoms with van der Waals surface area (Å²) in [5.74, 6) is 1.50. The van der Waals surface area contributed by atoms with Crippen LogP contribution in [-0.2, 0) is 11.3 Å². The lowest BCUT2D eigenvalue weighted by atomic mass is 10.00. The van der Waals surface area contributed by atoms with E-state index in [0.717, 1.165) is 30.5 Å². The lowest BCUT2D eigenvalue weighted by Gasteiger charge is -2.14. The van der Waals surface area contributed by atoms with Gasteiger partial charge in [0.1, 0.15) is 0 Å². The third-order valence-electron chi connectivity index (χ3n) is 4.55. The Bertz CT molecular complexity index is 716. The Morgan fingerprint density at radius 2 is 2.08 bits per heavy atom. The van der Waals surface area contributed by atoms with Crippen LogP contribution in [0.15, 0.2) is 28.7 Å². The number of amides is 1. The Morgan fingerprint density at radius 3 is 2.72 bits per heavy atom. The van der Waals surface area contributed by atoms with Gasteiger partial charge >= 0.3 is 0 Å². The van der Waals surface area contributed by atoms with Gasteiger partial charge in [0, 0.05) is 23.0 Å². The van der Waals surface area contributed by atoms with Crippen LogP contribution in [0.1, 0.15) is 37.3 Å². The molecule has 1 heterocycles. The van der Waals surface area contributed by atoms with Crippen molar-refractivity contribution in [1.82, 2.24) is 10.3 Å². The highest BCUT2D eigenvalue weighted by Gasteiger charge is 2.26. The Hall–Kier alpha value is -1.56. The predicted octanol–water partition coefficient (Wildman–Crippen LogP) is 3.86. The van der Waals surface area contributed by atoms with E-state index in [9.17, 15) is 4.79 Å². The maximum atomic E-state index is 12.1. The number of nitrogens with one attached hydrogen (secondary N) is 1. The van der Waals surface area contributed by atoms with Crippen LogP contribution in [0.25, 0.3) is 11.3 Å². The minimum atomic E-state index is 0. The lowest BCUT2D eigenvalue weighted by molar-refractivity contribution is -0.122. The first kappa shape index (κ1) is 19.8. The maximum Gasteiger partial charge on any atom is 0.220 e. The van der Waals surface area contributed by atoms with Gasteiger partial charge < -0.3 is 15.5 Å². The van der Waals surface area contributed by atoms with Gasteiger partial charge in [-0.15, -0.1) is 12.4 Å². The summed E-state index contributed by atoms with van der Waals surface area (Å²) in [5, 5.41) is 3.55. The second kappa shape index (κ2) is 8.70. The van der Waals surface area contributed by atoms with Gasteiger partial charge in [-0.2, -0.15) is 0 Å². The van der Waals surface area contributed by atoms with Crippen LogP contribution in [0.2, 0.25) is 5.02 Å². The van der Waals surface area contributed by atoms with E-state index in [2.05, 4.69) is 10.3 Å². The molecular weight excluding hydrogens is 361 g/mol. The average Bonchev–Trinajstić information content (AvgIpc) is 3.12. The Balaban J connectivity index is 0.00000225. The molecule has 1 aromatic heterocycles. The van der Waals surface area contributed by atoms with Crippen LogP contribution < -0.4 is 11.1 Å². The SMILES string of the molecule is Cc1nc(CNC(=O)C[C@@H]2CCC[C@H]2N)oc1-c1ccc(Cl)cc1.Cl. The number of carbonyl (C=O) groups is 1. The summed E-state index contributed by atoms with van der Waals surface area (Å²) in [4.78, 5) is 16.5. The number of oxazole rings is 1. The monoisotopic (exact) mass is 383 g/mol. The van der Waals surface area contributed by atoms with Gasteiger partial charge in [0.05, 0.1) is 12.2 Å². The van der Waals surface area contributed by atoms with E-state index in [1.54, 1.807) is 0 Å². The van der Waals surface area contributed by atoms with E-state index in [1.807, 2.05) is 31.2 Å². The molecule has 0 aliphatic heterocycles. The van der Waals surface area contributed by atoms with Gasteiger partial charge in [0.15, 0.2) is 5.76 Å². The molecule has 136 valence electrons. The Kier molecular flexibility index (Phi) is 6.87. The van der Waals surface area contributed by atoms with Crippen molar-refractivity contribution in [2.24, 2.45) is 11.7 Å². The van der Waals surface area contributed by atoms with E-state index < -0.39 is 0 Å². The third-order valence-corrected chi connectivity index (χ3v) is 4.80. The standard InChI is InChI=1S/C18H22ClN3O2.ClH/c1-11-18(12-5-7-14(19)8-6-12)24-17(22-11)10-21-16(23)9-13-3-2-4-15(13)20;/h5-8,13,15H,2-4,9-10,20H2,1H3,(H,21,23);1H/t13-,15+;/m0./s1. The largest absolute Gasteiger partial charge is 0.438 e. The maximum absolute atomic E-state index is 12.1. The Morgan fingerprint density at radius 1 is 1.36 bits per heavy atom. The van der Waals surface area contributed by atoms with E-state index >= 15 is 0 Å². The first-order valence-electron chi connectivity index (χ1n) is 8.27. The zero-order valence-electron chi connectivity index (χ0n) is 14.1. The van der Waals surface area contributed by atoms with Crippen molar-refractivity contribution < 1.29 is 9.21 Å². The van der Waals surface area contributed by atoms with Crippen molar-refractivity contribution in [2.75, 3.05) is 0 Å². The number of hydrogen-bond donors (Lipinski definition) is 2. The summed E-state index contributed by atoms with van der Waals surface area (Å²) in [6.07, 6.45) is 3.64. The number of rotatable bonds is 5. The van der Waals surface area contributed by atoms with Gasteiger partial charge in [0.25, 0.3) is 0 Å². The quantitative estimate of drug-likeness (QED) is 0.820. The summed E-state index contributed by atoms with van der Waals surface area (Å²) in [6, 6.07) is 7.55. The molecular formula is C18H23Cl2N3O2. The molecule has 0 radical (unpaired) electrons. The average molecular weight is 384 g/mol. The number of aryl methyl sites for hydroxylation is 1. The number of benzene rings is 1. The zero-order chi connectivity index (χ0) is 17.1. The summed E-state index contributed by atoms with van der Waals surface area (Å²) in [6.45, 7) is 2.17. The second-order valence-corrected chi connectivity index (χ2v) is 6.80. The van der Waals surface area contributed by atoms with Crippen LogP contribution in [-0.4, -0.2) is 16.9 Å². The van der Waals surface area contributed by atoms with Gasteiger partial charge in [-0.25, -0.2) is 4.98 Å². The molecule has 0 spiro atoms. The third kappa shape index (κ3) is 4.97. The van der Waals surface area contributed by atoms with E-state index in [4.69, 9.17) is 21.8 Å². The van der Waals surface area contributed by atoms with E-state index in [1.165, 1.54) is 0 Å². The topological polar surface area (TPSA) is 81.2 Å². The van der Waals surface area contributed by atoms with Gasteiger partial charge in [-0.1, -0.05) is 18.0 Å². The van der Waals surface area contributed by atoms with Crippen molar-refractivity contribution in [2.45, 2.75) is 45.2 Å². The normalized spacial score (nSPS) is 19.5. The molecule has 0 saturated heterocycles. The van der Waals surface area contributed by atoms with Gasteiger partial charge in [-0.05, 0) is 49.9 Å². The second-order valence-electron chi connectivity index (χ2n) is 6.36. The first-order valence-corrected chi connectivity index (χ1v) is 8.65. The number of halogens is 2. The molecule has 1 aliphatic rings. The highest BCUT2D eigenvalue weighted by Crippen LogP contribution is 2.27. The molecule has 3 rings (SSSR count). The molecule has 1 saturated carbocycles. The molecule has 1 aromatic carbocycles. The molecule has 0 unspecified atom stereocenters. The smallest absolute Gasteiger partial charge is 0.220 e. The van der Waals surface area contributed by atoms with E-state index in [0.29, 0.717) is 29.0 Å². The zero-order valence-corrected chi connectivity index (χ0v) is 15.7. The summed E-state index contributed by atoms with van der Waals surface area (Å²) in [5.41, 5.74) is 7.72. The summed E-state index contributed by atoms with van der Waals surface area (Å²) in [7, 11) is 0. The van der Waals surface area contributed by atoms with Gasteiger partial charge in [-0.3, -0.25) is 4.79 Å². The predicted molar refractivity (Wildman–Crippen MR) is 101 cm³/mol. The van der Waals surface area contributed by atoms with E-state index in [-0.39, 0.29) is 30.9 Å². The molecule has 1 fully saturated rings. The fourth-order valence-electron chi connectivity index (χ4n) is 3.20. The van der Waals surface area contributed by atoms with Crippen molar-refractivity contribution in [1.29, 1.82) is 0 Å².